The highest BCUT2D eigenvalue weighted by Gasteiger charge is 2.09. The van der Waals surface area contributed by atoms with Gasteiger partial charge in [0.1, 0.15) is 0 Å². The molecule has 1 aromatic carbocycles. The van der Waals surface area contributed by atoms with Crippen molar-refractivity contribution in [2.45, 2.75) is 0 Å². The first kappa shape index (κ1) is 11.3. The van der Waals surface area contributed by atoms with Gasteiger partial charge in [0, 0.05) is 18.0 Å². The molecule has 2 N–H and O–H groups in total. The molecular weight excluding hydrogens is 238 g/mol. The Kier molecular flexibility index (Phi) is 2.86. The van der Waals surface area contributed by atoms with Crippen LogP contribution < -0.4 is 5.73 Å². The number of nitrogens with zero attached hydrogens (tertiary/aromatic N) is 4. The zero-order valence-corrected chi connectivity index (χ0v) is 10.1. The third-order valence-corrected chi connectivity index (χ3v) is 2.63. The normalized spacial score (nSPS) is 10.3. The molecular formula is C14H11N5. The Hall–Kier alpha value is -2.82. The summed E-state index contributed by atoms with van der Waals surface area (Å²) in [6.07, 6.45) is 4.90. The molecule has 5 nitrogen and oxygen atoms in total. The molecule has 0 aliphatic rings. The lowest BCUT2D eigenvalue weighted by molar-refractivity contribution is 1.08. The molecule has 19 heavy (non-hydrogen) atoms. The van der Waals surface area contributed by atoms with Gasteiger partial charge in [0.15, 0.2) is 11.6 Å². The summed E-state index contributed by atoms with van der Waals surface area (Å²) >= 11 is 0. The highest BCUT2D eigenvalue weighted by molar-refractivity contribution is 5.73. The van der Waals surface area contributed by atoms with Crippen LogP contribution in [0.2, 0.25) is 0 Å². The highest BCUT2D eigenvalue weighted by Crippen LogP contribution is 2.24. The summed E-state index contributed by atoms with van der Waals surface area (Å²) in [5.41, 5.74) is 8.10. The van der Waals surface area contributed by atoms with E-state index in [0.29, 0.717) is 23.0 Å². The van der Waals surface area contributed by atoms with Gasteiger partial charge in [0.25, 0.3) is 0 Å². The maximum atomic E-state index is 5.93. The number of nitrogens with two attached hydrogens (primary N) is 1. The Bertz CT molecular complexity index is 683. The fourth-order valence-corrected chi connectivity index (χ4v) is 1.74. The van der Waals surface area contributed by atoms with Crippen LogP contribution in [0.25, 0.3) is 22.9 Å². The smallest absolute Gasteiger partial charge is 0.198 e. The number of benzene rings is 1. The van der Waals surface area contributed by atoms with Crippen molar-refractivity contribution in [3.63, 3.8) is 0 Å². The van der Waals surface area contributed by atoms with Gasteiger partial charge in [-0.25, -0.2) is 19.9 Å². The molecule has 0 atom stereocenters. The van der Waals surface area contributed by atoms with Gasteiger partial charge < -0.3 is 5.73 Å². The Balaban J connectivity index is 2.12. The van der Waals surface area contributed by atoms with Crippen molar-refractivity contribution < 1.29 is 0 Å². The zero-order valence-electron chi connectivity index (χ0n) is 10.1. The maximum Gasteiger partial charge on any atom is 0.198 e. The molecule has 0 amide bonds. The fourth-order valence-electron chi connectivity index (χ4n) is 1.74. The van der Waals surface area contributed by atoms with Crippen molar-refractivity contribution in [3.8, 4) is 22.9 Å². The fraction of sp³-hybridized carbons (Fsp3) is 0. The van der Waals surface area contributed by atoms with E-state index in [4.69, 9.17) is 5.73 Å². The zero-order chi connectivity index (χ0) is 13.1. The Morgan fingerprint density at radius 1 is 0.789 bits per heavy atom. The third-order valence-electron chi connectivity index (χ3n) is 2.63. The van der Waals surface area contributed by atoms with Crippen LogP contribution in [-0.2, 0) is 0 Å². The van der Waals surface area contributed by atoms with Gasteiger partial charge in [0.2, 0.25) is 0 Å². The van der Waals surface area contributed by atoms with Crippen LogP contribution >= 0.6 is 0 Å². The maximum absolute atomic E-state index is 5.93. The molecule has 0 bridgehead atoms. The minimum Gasteiger partial charge on any atom is -0.396 e. The van der Waals surface area contributed by atoms with Crippen molar-refractivity contribution in [2.75, 3.05) is 5.73 Å². The van der Waals surface area contributed by atoms with E-state index in [2.05, 4.69) is 19.9 Å². The van der Waals surface area contributed by atoms with Crippen LogP contribution in [0, 0.1) is 0 Å². The van der Waals surface area contributed by atoms with E-state index in [9.17, 15) is 0 Å². The van der Waals surface area contributed by atoms with Crippen molar-refractivity contribution >= 4 is 5.69 Å². The lowest BCUT2D eigenvalue weighted by Gasteiger charge is -2.06. The van der Waals surface area contributed by atoms with Crippen LogP contribution in [-0.4, -0.2) is 19.9 Å². The Labute approximate surface area is 110 Å². The number of hydrogen-bond acceptors (Lipinski definition) is 5. The third kappa shape index (κ3) is 2.26. The van der Waals surface area contributed by atoms with E-state index >= 15 is 0 Å². The van der Waals surface area contributed by atoms with E-state index in [0.717, 1.165) is 5.56 Å². The number of anilines is 1. The van der Waals surface area contributed by atoms with Gasteiger partial charge in [-0.15, -0.1) is 0 Å². The van der Waals surface area contributed by atoms with E-state index in [1.54, 1.807) is 24.7 Å². The standard InChI is InChI=1S/C14H11N5/c15-11-9-18-14(13-16-7-4-8-17-13)19-12(11)10-5-2-1-3-6-10/h1-9H,15H2. The number of aromatic nitrogens is 4. The first-order valence-corrected chi connectivity index (χ1v) is 5.80. The van der Waals surface area contributed by atoms with Crippen LogP contribution in [0.5, 0.6) is 0 Å². The van der Waals surface area contributed by atoms with Gasteiger partial charge in [-0.3, -0.25) is 0 Å². The number of hydrogen-bond donors (Lipinski definition) is 1. The summed E-state index contributed by atoms with van der Waals surface area (Å²) in [4.78, 5) is 16.9. The molecule has 0 aliphatic carbocycles. The predicted octanol–water partition coefficient (Wildman–Crippen LogP) is 2.18. The summed E-state index contributed by atoms with van der Waals surface area (Å²) in [5, 5.41) is 0. The molecule has 0 aliphatic heterocycles. The second-order valence-corrected chi connectivity index (χ2v) is 3.94. The first-order chi connectivity index (χ1) is 9.34. The number of rotatable bonds is 2. The summed E-state index contributed by atoms with van der Waals surface area (Å²) in [7, 11) is 0. The molecule has 0 radical (unpaired) electrons. The average molecular weight is 249 g/mol. The van der Waals surface area contributed by atoms with E-state index in [1.165, 1.54) is 0 Å². The van der Waals surface area contributed by atoms with Crippen molar-refractivity contribution in [3.05, 3.63) is 55.0 Å². The SMILES string of the molecule is Nc1cnc(-c2ncccn2)nc1-c1ccccc1. The summed E-state index contributed by atoms with van der Waals surface area (Å²) in [6, 6.07) is 11.5. The molecule has 0 saturated heterocycles. The van der Waals surface area contributed by atoms with Crippen LogP contribution in [0.4, 0.5) is 5.69 Å². The summed E-state index contributed by atoms with van der Waals surface area (Å²) in [5.74, 6) is 0.952. The van der Waals surface area contributed by atoms with Crippen molar-refractivity contribution in [1.29, 1.82) is 0 Å². The average Bonchev–Trinajstić information content (AvgIpc) is 2.49. The molecule has 3 aromatic rings. The summed E-state index contributed by atoms with van der Waals surface area (Å²) in [6.45, 7) is 0. The molecule has 0 spiro atoms. The van der Waals surface area contributed by atoms with Crippen molar-refractivity contribution in [2.24, 2.45) is 0 Å². The Morgan fingerprint density at radius 3 is 2.26 bits per heavy atom. The molecule has 0 unspecified atom stereocenters. The monoisotopic (exact) mass is 249 g/mol. The quantitative estimate of drug-likeness (QED) is 0.753. The minimum absolute atomic E-state index is 0.466. The molecule has 2 heterocycles. The van der Waals surface area contributed by atoms with Crippen LogP contribution in [0.15, 0.2) is 55.0 Å². The van der Waals surface area contributed by atoms with Gasteiger partial charge in [-0.2, -0.15) is 0 Å². The lowest BCUT2D eigenvalue weighted by Crippen LogP contribution is -2.00. The van der Waals surface area contributed by atoms with Gasteiger partial charge in [-0.1, -0.05) is 30.3 Å². The van der Waals surface area contributed by atoms with Crippen LogP contribution in [0.1, 0.15) is 0 Å². The molecule has 92 valence electrons. The number of nitrogen functional groups attached to an aromatic ring is 1. The van der Waals surface area contributed by atoms with Crippen LogP contribution in [0.3, 0.4) is 0 Å². The minimum atomic E-state index is 0.466. The molecule has 0 saturated carbocycles. The van der Waals surface area contributed by atoms with Gasteiger partial charge in [0.05, 0.1) is 17.6 Å². The molecule has 3 rings (SSSR count). The van der Waals surface area contributed by atoms with E-state index < -0.39 is 0 Å². The largest absolute Gasteiger partial charge is 0.396 e. The summed E-state index contributed by atoms with van der Waals surface area (Å²) < 4.78 is 0. The van der Waals surface area contributed by atoms with Gasteiger partial charge in [-0.05, 0) is 6.07 Å². The highest BCUT2D eigenvalue weighted by atomic mass is 15.0. The Morgan fingerprint density at radius 2 is 1.53 bits per heavy atom. The first-order valence-electron chi connectivity index (χ1n) is 5.80. The lowest BCUT2D eigenvalue weighted by atomic mass is 10.1. The molecule has 5 heteroatoms. The molecule has 2 aromatic heterocycles. The topological polar surface area (TPSA) is 77.6 Å². The van der Waals surface area contributed by atoms with Gasteiger partial charge >= 0.3 is 0 Å². The predicted molar refractivity (Wildman–Crippen MR) is 72.9 cm³/mol. The van der Waals surface area contributed by atoms with Crippen molar-refractivity contribution in [1.82, 2.24) is 19.9 Å². The second kappa shape index (κ2) is 4.81. The second-order valence-electron chi connectivity index (χ2n) is 3.94. The van der Waals surface area contributed by atoms with E-state index in [-0.39, 0.29) is 0 Å². The van der Waals surface area contributed by atoms with E-state index in [1.807, 2.05) is 30.3 Å². The molecule has 0 fully saturated rings.